The minimum absolute atomic E-state index is 0.155. The summed E-state index contributed by atoms with van der Waals surface area (Å²) in [5.74, 6) is -0.879. The third-order valence-corrected chi connectivity index (χ3v) is 10.7. The smallest absolute Gasteiger partial charge is 0.416 e. The Kier molecular flexibility index (Phi) is 14.4. The molecular formula is C49H46F6N2O6. The molecule has 63 heavy (non-hydrogen) atoms. The van der Waals surface area contributed by atoms with Gasteiger partial charge in [-0.2, -0.15) is 26.3 Å². The van der Waals surface area contributed by atoms with Crippen molar-refractivity contribution in [1.82, 2.24) is 9.97 Å². The van der Waals surface area contributed by atoms with Crippen molar-refractivity contribution in [2.24, 2.45) is 0 Å². The fourth-order valence-electron chi connectivity index (χ4n) is 7.61. The molecular weight excluding hydrogens is 827 g/mol. The molecule has 1 N–H and O–H groups in total. The first-order valence-electron chi connectivity index (χ1n) is 20.5. The Hall–Kier alpha value is -6.44. The second kappa shape index (κ2) is 19.7. The highest BCUT2D eigenvalue weighted by atomic mass is 19.4. The van der Waals surface area contributed by atoms with E-state index in [1.54, 1.807) is 52.0 Å². The molecule has 0 saturated carbocycles. The van der Waals surface area contributed by atoms with E-state index in [1.165, 1.54) is 6.07 Å². The molecule has 0 unspecified atom stereocenters. The molecule has 7 rings (SSSR count). The van der Waals surface area contributed by atoms with Gasteiger partial charge in [-0.15, -0.1) is 0 Å². The molecule has 14 heteroatoms. The summed E-state index contributed by atoms with van der Waals surface area (Å²) in [5, 5.41) is 10.2. The number of phenols is 1. The Bertz CT molecular complexity index is 2550. The number of ether oxygens (including phenoxy) is 3. The van der Waals surface area contributed by atoms with Gasteiger partial charge in [0.05, 0.1) is 35.7 Å². The van der Waals surface area contributed by atoms with Crippen LogP contribution in [0.2, 0.25) is 0 Å². The average molecular weight is 873 g/mol. The van der Waals surface area contributed by atoms with E-state index < -0.39 is 35.4 Å². The molecule has 5 aromatic rings. The highest BCUT2D eigenvalue weighted by Gasteiger charge is 2.34. The highest BCUT2D eigenvalue weighted by Crippen LogP contribution is 2.46. The number of carbonyl (C=O) groups is 2. The molecule has 2 aromatic heterocycles. The van der Waals surface area contributed by atoms with Crippen LogP contribution in [0.5, 0.6) is 11.5 Å². The van der Waals surface area contributed by atoms with Gasteiger partial charge in [-0.1, -0.05) is 42.5 Å². The number of aryl methyl sites for hydroxylation is 2. The van der Waals surface area contributed by atoms with Gasteiger partial charge in [-0.05, 0) is 154 Å². The largest absolute Gasteiger partial charge is 0.507 e. The Morgan fingerprint density at radius 1 is 0.603 bits per heavy atom. The summed E-state index contributed by atoms with van der Waals surface area (Å²) in [6.45, 7) is 7.61. The zero-order valence-corrected chi connectivity index (χ0v) is 35.2. The zero-order valence-electron chi connectivity index (χ0n) is 35.2. The van der Waals surface area contributed by atoms with E-state index >= 15 is 0 Å². The van der Waals surface area contributed by atoms with E-state index in [-0.39, 0.29) is 42.5 Å². The van der Waals surface area contributed by atoms with Gasteiger partial charge < -0.3 is 19.3 Å². The first kappa shape index (κ1) is 46.1. The number of carbonyl (C=O) groups excluding carboxylic acids is 2. The van der Waals surface area contributed by atoms with E-state index in [0.29, 0.717) is 65.1 Å². The quantitative estimate of drug-likeness (QED) is 0.103. The number of aromatic nitrogens is 2. The Balaban J connectivity index is 0.000000215. The van der Waals surface area contributed by atoms with Gasteiger partial charge >= 0.3 is 24.3 Å². The fourth-order valence-corrected chi connectivity index (χ4v) is 7.61. The van der Waals surface area contributed by atoms with Crippen LogP contribution in [0.1, 0.15) is 124 Å². The minimum atomic E-state index is -4.50. The second-order valence-corrected chi connectivity index (χ2v) is 15.0. The van der Waals surface area contributed by atoms with Crippen LogP contribution in [-0.4, -0.2) is 40.2 Å². The van der Waals surface area contributed by atoms with Crippen LogP contribution in [-0.2, 0) is 28.4 Å². The lowest BCUT2D eigenvalue weighted by Crippen LogP contribution is -2.10. The molecule has 330 valence electrons. The minimum Gasteiger partial charge on any atom is -0.507 e. The maximum absolute atomic E-state index is 13.6. The molecule has 0 spiro atoms. The van der Waals surface area contributed by atoms with E-state index in [9.17, 15) is 41.0 Å². The molecule has 2 aliphatic carbocycles. The van der Waals surface area contributed by atoms with Gasteiger partial charge in [-0.25, -0.2) is 19.6 Å². The van der Waals surface area contributed by atoms with E-state index in [1.807, 2.05) is 30.3 Å². The normalized spacial score (nSPS) is 14.1. The SMILES string of the molecule is CCOC(=O)c1nc(C2=C(c3cc(C(F)(F)F)ccc3O)CCC2)ccc1C.CCOC(=O)c1nc(C2=C(c3cc(C(F)(F)F)ccc3OCc3ccccc3)CCC2)ccc1C. The van der Waals surface area contributed by atoms with Crippen LogP contribution in [0.3, 0.4) is 0 Å². The van der Waals surface area contributed by atoms with Crippen molar-refractivity contribution in [3.63, 3.8) is 0 Å². The number of benzene rings is 3. The number of allylic oxidation sites excluding steroid dienone is 4. The molecule has 0 aliphatic heterocycles. The summed E-state index contributed by atoms with van der Waals surface area (Å²) in [7, 11) is 0. The average Bonchev–Trinajstić information content (AvgIpc) is 3.95. The van der Waals surface area contributed by atoms with Crippen molar-refractivity contribution in [3.05, 3.63) is 153 Å². The number of pyridine rings is 2. The molecule has 8 nitrogen and oxygen atoms in total. The fraction of sp³-hybridized carbons (Fsp3) is 0.306. The van der Waals surface area contributed by atoms with Gasteiger partial charge in [0, 0.05) is 11.1 Å². The topological polar surface area (TPSA) is 108 Å². The number of rotatable bonds is 11. The summed E-state index contributed by atoms with van der Waals surface area (Å²) in [6, 6.07) is 23.0. The van der Waals surface area contributed by atoms with Gasteiger partial charge in [0.2, 0.25) is 0 Å². The van der Waals surface area contributed by atoms with Crippen molar-refractivity contribution in [2.45, 2.75) is 85.2 Å². The summed E-state index contributed by atoms with van der Waals surface area (Å²) in [4.78, 5) is 33.5. The van der Waals surface area contributed by atoms with Crippen LogP contribution in [0.25, 0.3) is 22.3 Å². The maximum Gasteiger partial charge on any atom is 0.416 e. The lowest BCUT2D eigenvalue weighted by atomic mass is 9.96. The van der Waals surface area contributed by atoms with Gasteiger partial charge in [0.15, 0.2) is 11.4 Å². The lowest BCUT2D eigenvalue weighted by molar-refractivity contribution is -0.138. The third kappa shape index (κ3) is 11.0. The van der Waals surface area contributed by atoms with Crippen molar-refractivity contribution in [1.29, 1.82) is 0 Å². The molecule has 0 fully saturated rings. The number of esters is 2. The van der Waals surface area contributed by atoms with E-state index in [0.717, 1.165) is 65.5 Å². The standard InChI is InChI=1S/C28H26F3NO3.C21H20F3NO3/c1-3-34-27(33)26-18(2)12-14-24(32-26)22-11-7-10-21(22)23-16-20(28(29,30)31)13-15-25(23)35-17-19-8-5-4-6-9-19;1-3-28-20(27)19-12(2)7-9-17(25-19)15-6-4-5-14(15)16-11-13(21(22,23)24)8-10-18(16)26/h4-6,8-9,12-16H,3,7,10-11,17H2,1-2H3;7-11,26H,3-6H2,1-2H3. The predicted molar refractivity (Wildman–Crippen MR) is 227 cm³/mol. The Labute approximate surface area is 361 Å². The van der Waals surface area contributed by atoms with Gasteiger partial charge in [-0.3, -0.25) is 0 Å². The van der Waals surface area contributed by atoms with Gasteiger partial charge in [0.25, 0.3) is 0 Å². The van der Waals surface area contributed by atoms with Crippen molar-refractivity contribution in [3.8, 4) is 11.5 Å². The van der Waals surface area contributed by atoms with Crippen molar-refractivity contribution in [2.75, 3.05) is 13.2 Å². The monoisotopic (exact) mass is 872 g/mol. The first-order valence-corrected chi connectivity index (χ1v) is 20.5. The number of halogens is 6. The number of nitrogens with zero attached hydrogens (tertiary/aromatic N) is 2. The Morgan fingerprint density at radius 3 is 1.56 bits per heavy atom. The molecule has 0 atom stereocenters. The van der Waals surface area contributed by atoms with E-state index in [4.69, 9.17) is 14.2 Å². The summed E-state index contributed by atoms with van der Waals surface area (Å²) < 4.78 is 96.3. The molecule has 3 aromatic carbocycles. The van der Waals surface area contributed by atoms with E-state index in [2.05, 4.69) is 9.97 Å². The third-order valence-electron chi connectivity index (χ3n) is 10.7. The maximum atomic E-state index is 13.6. The van der Waals surface area contributed by atoms with Crippen LogP contribution in [0.15, 0.2) is 91.0 Å². The summed E-state index contributed by atoms with van der Waals surface area (Å²) in [5.41, 5.74) is 5.67. The van der Waals surface area contributed by atoms with Crippen LogP contribution in [0.4, 0.5) is 26.3 Å². The molecule has 0 bridgehead atoms. The van der Waals surface area contributed by atoms with Crippen molar-refractivity contribution < 1.29 is 55.2 Å². The molecule has 2 aliphatic rings. The van der Waals surface area contributed by atoms with Crippen LogP contribution >= 0.6 is 0 Å². The number of phenolic OH excluding ortho intramolecular Hbond substituents is 1. The van der Waals surface area contributed by atoms with Crippen LogP contribution in [0, 0.1) is 13.8 Å². The predicted octanol–water partition coefficient (Wildman–Crippen LogP) is 12.6. The number of alkyl halides is 6. The van der Waals surface area contributed by atoms with Gasteiger partial charge in [0.1, 0.15) is 18.1 Å². The second-order valence-electron chi connectivity index (χ2n) is 15.0. The number of hydrogen-bond acceptors (Lipinski definition) is 8. The molecule has 0 saturated heterocycles. The van der Waals surface area contributed by atoms with Crippen LogP contribution < -0.4 is 4.74 Å². The lowest BCUT2D eigenvalue weighted by Gasteiger charge is -2.17. The number of hydrogen-bond donors (Lipinski definition) is 1. The van der Waals surface area contributed by atoms with Crippen molar-refractivity contribution >= 4 is 34.2 Å². The zero-order chi connectivity index (χ0) is 45.5. The first-order chi connectivity index (χ1) is 30.0. The number of aromatic hydroxyl groups is 1. The molecule has 0 amide bonds. The highest BCUT2D eigenvalue weighted by molar-refractivity contribution is 5.96. The molecule has 0 radical (unpaired) electrons. The Morgan fingerprint density at radius 2 is 1.06 bits per heavy atom. The molecule has 2 heterocycles. The summed E-state index contributed by atoms with van der Waals surface area (Å²) in [6.07, 6.45) is -5.14. The summed E-state index contributed by atoms with van der Waals surface area (Å²) >= 11 is 0.